The first-order valence-electron chi connectivity index (χ1n) is 10.6. The third kappa shape index (κ3) is 2.32. The normalized spacial score (nSPS) is 29.8. The number of benzene rings is 2. The van der Waals surface area contributed by atoms with Gasteiger partial charge in [-0.05, 0) is 60.8 Å². The highest BCUT2D eigenvalue weighted by Gasteiger charge is 2.64. The van der Waals surface area contributed by atoms with Crippen molar-refractivity contribution in [1.29, 1.82) is 0 Å². The van der Waals surface area contributed by atoms with Gasteiger partial charge < -0.3 is 4.98 Å². The highest BCUT2D eigenvalue weighted by molar-refractivity contribution is 6.23. The lowest BCUT2D eigenvalue weighted by Crippen LogP contribution is -2.33. The predicted octanol–water partition coefficient (Wildman–Crippen LogP) is 3.77. The number of carbonyl (C=O) groups excluding carboxylic acids is 2. The zero-order valence-electron chi connectivity index (χ0n) is 16.7. The Kier molecular flexibility index (Phi) is 3.61. The average molecular weight is 398 g/mol. The second-order valence-electron chi connectivity index (χ2n) is 9.02. The Morgan fingerprint density at radius 1 is 0.900 bits per heavy atom. The van der Waals surface area contributed by atoms with Crippen molar-refractivity contribution in [2.75, 3.05) is 4.90 Å². The van der Waals surface area contributed by atoms with Gasteiger partial charge in [0, 0.05) is 11.5 Å². The molecule has 3 fully saturated rings. The van der Waals surface area contributed by atoms with Crippen molar-refractivity contribution in [3.8, 4) is 0 Å². The minimum Gasteiger partial charge on any atom is -0.322 e. The van der Waals surface area contributed by atoms with Gasteiger partial charge in [0.2, 0.25) is 17.4 Å². The molecule has 6 rings (SSSR count). The number of aromatic amines is 1. The third-order valence-electron chi connectivity index (χ3n) is 7.53. The van der Waals surface area contributed by atoms with E-state index in [9.17, 15) is 14.4 Å². The van der Waals surface area contributed by atoms with Crippen LogP contribution in [0.4, 0.5) is 5.69 Å². The van der Waals surface area contributed by atoms with E-state index in [-0.39, 0.29) is 41.0 Å². The van der Waals surface area contributed by atoms with Gasteiger partial charge in [-0.2, -0.15) is 0 Å². The molecule has 5 nitrogen and oxygen atoms in total. The molecule has 1 N–H and O–H groups in total. The number of hydrogen-bond acceptors (Lipinski definition) is 3. The van der Waals surface area contributed by atoms with E-state index in [0.717, 1.165) is 23.8 Å². The number of nitrogens with zero attached hydrogens (tertiary/aromatic N) is 1. The van der Waals surface area contributed by atoms with Crippen LogP contribution in [-0.2, 0) is 9.59 Å². The fourth-order valence-corrected chi connectivity index (χ4v) is 6.36. The molecule has 2 aliphatic carbocycles. The van der Waals surface area contributed by atoms with Crippen molar-refractivity contribution in [3.05, 3.63) is 76.1 Å². The van der Waals surface area contributed by atoms with Crippen LogP contribution in [0.3, 0.4) is 0 Å². The molecular weight excluding hydrogens is 376 g/mol. The number of rotatable bonds is 2. The molecule has 0 unspecified atom stereocenters. The summed E-state index contributed by atoms with van der Waals surface area (Å²) in [7, 11) is 0. The molecule has 2 heterocycles. The lowest BCUT2D eigenvalue weighted by atomic mass is 9.73. The number of nitrogens with one attached hydrogen (secondary N) is 1. The monoisotopic (exact) mass is 398 g/mol. The Morgan fingerprint density at radius 3 is 2.47 bits per heavy atom. The number of pyridine rings is 1. The van der Waals surface area contributed by atoms with Gasteiger partial charge in [0.1, 0.15) is 0 Å². The standard InChI is InChI=1S/C25H22N2O3/c1-13-9-21(28)26-20-12-16(7-8-17(13)20)27-24(29)22-15-10-18(14-5-3-2-4-6-14)19(11-15)23(22)25(27)30/h2-9,12,15,18-19,22-23H,10-11H2,1H3,(H,26,28)/t15-,18-,19-,22-,23+/m0/s1. The largest absolute Gasteiger partial charge is 0.322 e. The average Bonchev–Trinajstić information content (AvgIpc) is 3.39. The van der Waals surface area contributed by atoms with Gasteiger partial charge in [-0.15, -0.1) is 0 Å². The van der Waals surface area contributed by atoms with Crippen molar-refractivity contribution >= 4 is 28.4 Å². The lowest BCUT2D eigenvalue weighted by Gasteiger charge is -2.28. The van der Waals surface area contributed by atoms with Crippen molar-refractivity contribution in [3.63, 3.8) is 0 Å². The number of H-pyrrole nitrogens is 1. The van der Waals surface area contributed by atoms with Crippen LogP contribution in [0, 0.1) is 30.6 Å². The summed E-state index contributed by atoms with van der Waals surface area (Å²) in [6.45, 7) is 1.88. The second kappa shape index (κ2) is 6.14. The van der Waals surface area contributed by atoms with Gasteiger partial charge in [0.05, 0.1) is 23.0 Å². The van der Waals surface area contributed by atoms with Crippen LogP contribution in [0.5, 0.6) is 0 Å². The van der Waals surface area contributed by atoms with E-state index < -0.39 is 0 Å². The van der Waals surface area contributed by atoms with Crippen LogP contribution in [0.1, 0.15) is 29.9 Å². The number of carbonyl (C=O) groups is 2. The van der Waals surface area contributed by atoms with Crippen LogP contribution in [-0.4, -0.2) is 16.8 Å². The molecule has 5 atom stereocenters. The molecule has 5 heteroatoms. The van der Waals surface area contributed by atoms with Crippen LogP contribution in [0.15, 0.2) is 59.4 Å². The maximum Gasteiger partial charge on any atom is 0.248 e. The van der Waals surface area contributed by atoms with Crippen LogP contribution >= 0.6 is 0 Å². The molecule has 30 heavy (non-hydrogen) atoms. The van der Waals surface area contributed by atoms with E-state index in [2.05, 4.69) is 17.1 Å². The summed E-state index contributed by atoms with van der Waals surface area (Å²) in [5, 5.41) is 0.918. The summed E-state index contributed by atoms with van der Waals surface area (Å²) in [4.78, 5) is 42.9. The highest BCUT2D eigenvalue weighted by atomic mass is 16.2. The Bertz CT molecular complexity index is 1260. The SMILES string of the molecule is Cc1cc(=O)[nH]c2cc(N3C(=O)[C@@H]4[C@H]5C[C@H](C[C@H]5c5ccccc5)[C@@H]4C3=O)ccc12. The second-order valence-corrected chi connectivity index (χ2v) is 9.02. The van der Waals surface area contributed by atoms with E-state index in [1.165, 1.54) is 10.5 Å². The smallest absolute Gasteiger partial charge is 0.248 e. The van der Waals surface area contributed by atoms with E-state index in [1.54, 1.807) is 12.1 Å². The fraction of sp³-hybridized carbons (Fsp3) is 0.320. The molecule has 2 amide bonds. The number of fused-ring (bicyclic) bond motifs is 6. The zero-order chi connectivity index (χ0) is 20.6. The van der Waals surface area contributed by atoms with Crippen molar-refractivity contribution in [2.24, 2.45) is 23.7 Å². The van der Waals surface area contributed by atoms with Crippen molar-refractivity contribution in [1.82, 2.24) is 4.98 Å². The van der Waals surface area contributed by atoms with Gasteiger partial charge >= 0.3 is 0 Å². The van der Waals surface area contributed by atoms with E-state index >= 15 is 0 Å². The van der Waals surface area contributed by atoms with Crippen molar-refractivity contribution in [2.45, 2.75) is 25.7 Å². The Morgan fingerprint density at radius 2 is 1.67 bits per heavy atom. The number of aromatic nitrogens is 1. The summed E-state index contributed by atoms with van der Waals surface area (Å²) in [6.07, 6.45) is 1.94. The fourth-order valence-electron chi connectivity index (χ4n) is 6.36. The Labute approximate surface area is 173 Å². The lowest BCUT2D eigenvalue weighted by molar-refractivity contribution is -0.123. The van der Waals surface area contributed by atoms with E-state index in [4.69, 9.17) is 0 Å². The molecule has 1 aromatic heterocycles. The Balaban J connectivity index is 1.38. The summed E-state index contributed by atoms with van der Waals surface area (Å²) in [5.41, 5.74) is 3.18. The molecule has 0 spiro atoms. The summed E-state index contributed by atoms with van der Waals surface area (Å²) in [6, 6.07) is 17.4. The van der Waals surface area contributed by atoms with Crippen LogP contribution in [0.25, 0.3) is 10.9 Å². The first-order valence-corrected chi connectivity index (χ1v) is 10.6. The predicted molar refractivity (Wildman–Crippen MR) is 114 cm³/mol. The number of imide groups is 1. The molecule has 2 aromatic carbocycles. The van der Waals surface area contributed by atoms with Crippen LogP contribution < -0.4 is 10.5 Å². The van der Waals surface area contributed by atoms with Gasteiger partial charge in [0.25, 0.3) is 0 Å². The minimum atomic E-state index is -0.228. The first kappa shape index (κ1) is 17.6. The molecule has 150 valence electrons. The molecular formula is C25H22N2O3. The topological polar surface area (TPSA) is 70.2 Å². The van der Waals surface area contributed by atoms with Gasteiger partial charge in [-0.3, -0.25) is 14.4 Å². The summed E-state index contributed by atoms with van der Waals surface area (Å²) >= 11 is 0. The summed E-state index contributed by atoms with van der Waals surface area (Å²) in [5.74, 6) is 0.277. The van der Waals surface area contributed by atoms with Crippen LogP contribution in [0.2, 0.25) is 0 Å². The minimum absolute atomic E-state index is 0.0710. The Hall–Kier alpha value is -3.21. The number of amides is 2. The van der Waals surface area contributed by atoms with E-state index in [0.29, 0.717) is 17.1 Å². The number of aryl methyl sites for hydroxylation is 1. The molecule has 3 aromatic rings. The number of anilines is 1. The van der Waals surface area contributed by atoms with Gasteiger partial charge in [-0.25, -0.2) is 4.90 Å². The summed E-state index contributed by atoms with van der Waals surface area (Å²) < 4.78 is 0. The zero-order valence-corrected chi connectivity index (χ0v) is 16.7. The third-order valence-corrected chi connectivity index (χ3v) is 7.53. The molecule has 2 bridgehead atoms. The molecule has 0 radical (unpaired) electrons. The van der Waals surface area contributed by atoms with Crippen molar-refractivity contribution < 1.29 is 9.59 Å². The molecule has 3 aliphatic rings. The quantitative estimate of drug-likeness (QED) is 0.668. The van der Waals surface area contributed by atoms with Gasteiger partial charge in [-0.1, -0.05) is 36.4 Å². The van der Waals surface area contributed by atoms with E-state index in [1.807, 2.05) is 37.3 Å². The first-order chi connectivity index (χ1) is 14.5. The number of hydrogen-bond donors (Lipinski definition) is 1. The molecule has 1 aliphatic heterocycles. The molecule has 1 saturated heterocycles. The molecule has 2 saturated carbocycles. The highest BCUT2D eigenvalue weighted by Crippen LogP contribution is 2.61. The maximum atomic E-state index is 13.5. The van der Waals surface area contributed by atoms with Gasteiger partial charge in [0.15, 0.2) is 0 Å². The maximum absolute atomic E-state index is 13.5.